The molecule has 5 rings (SSSR count). The third-order valence-electron chi connectivity index (χ3n) is 5.86. The van der Waals surface area contributed by atoms with E-state index < -0.39 is 0 Å². The SMILES string of the molecule is Cc1c(C)n(Cc2ccccn2)c2nc3c(c(N)c12)CCc1ccccc1-3. The molecule has 134 valence electrons. The van der Waals surface area contributed by atoms with Crippen LogP contribution in [0.15, 0.2) is 48.7 Å². The Kier molecular flexibility index (Phi) is 3.54. The number of anilines is 1. The van der Waals surface area contributed by atoms with Crippen molar-refractivity contribution >= 4 is 16.7 Å². The van der Waals surface area contributed by atoms with Crippen LogP contribution in [0.3, 0.4) is 0 Å². The molecule has 0 amide bonds. The minimum atomic E-state index is 0.698. The molecular formula is C23H22N4. The summed E-state index contributed by atoms with van der Waals surface area (Å²) in [6.45, 7) is 4.99. The lowest BCUT2D eigenvalue weighted by molar-refractivity contribution is 0.768. The first-order valence-corrected chi connectivity index (χ1v) is 9.41. The minimum Gasteiger partial charge on any atom is -0.398 e. The van der Waals surface area contributed by atoms with Crippen molar-refractivity contribution < 1.29 is 0 Å². The molecule has 4 nitrogen and oxygen atoms in total. The van der Waals surface area contributed by atoms with Gasteiger partial charge in [-0.05, 0) is 49.9 Å². The molecule has 0 spiro atoms. The fourth-order valence-corrected chi connectivity index (χ4v) is 4.29. The molecule has 27 heavy (non-hydrogen) atoms. The Labute approximate surface area is 158 Å². The van der Waals surface area contributed by atoms with E-state index in [-0.39, 0.29) is 0 Å². The van der Waals surface area contributed by atoms with Gasteiger partial charge in [-0.1, -0.05) is 30.3 Å². The van der Waals surface area contributed by atoms with Crippen molar-refractivity contribution in [3.05, 3.63) is 76.7 Å². The van der Waals surface area contributed by atoms with Crippen LogP contribution >= 0.6 is 0 Å². The quantitative estimate of drug-likeness (QED) is 0.579. The van der Waals surface area contributed by atoms with E-state index in [1.54, 1.807) is 0 Å². The molecule has 4 aromatic rings. The zero-order valence-electron chi connectivity index (χ0n) is 15.7. The van der Waals surface area contributed by atoms with Crippen LogP contribution in [-0.2, 0) is 19.4 Å². The highest BCUT2D eigenvalue weighted by atomic mass is 15.1. The topological polar surface area (TPSA) is 56.7 Å². The zero-order valence-corrected chi connectivity index (χ0v) is 15.7. The summed E-state index contributed by atoms with van der Waals surface area (Å²) in [6.07, 6.45) is 3.81. The summed E-state index contributed by atoms with van der Waals surface area (Å²) in [4.78, 5) is 9.65. The van der Waals surface area contributed by atoms with E-state index in [1.165, 1.54) is 27.9 Å². The molecule has 1 aliphatic carbocycles. The molecule has 1 aliphatic rings. The number of aryl methyl sites for hydroxylation is 2. The summed E-state index contributed by atoms with van der Waals surface area (Å²) in [5, 5.41) is 1.10. The number of aromatic nitrogens is 3. The highest BCUT2D eigenvalue weighted by molar-refractivity contribution is 5.98. The van der Waals surface area contributed by atoms with E-state index in [0.717, 1.165) is 41.0 Å². The summed E-state index contributed by atoms with van der Waals surface area (Å²) in [6, 6.07) is 14.6. The molecular weight excluding hydrogens is 332 g/mol. The van der Waals surface area contributed by atoms with Gasteiger partial charge < -0.3 is 10.3 Å². The molecule has 3 heterocycles. The van der Waals surface area contributed by atoms with Crippen molar-refractivity contribution in [2.24, 2.45) is 0 Å². The van der Waals surface area contributed by atoms with Gasteiger partial charge in [0.15, 0.2) is 0 Å². The van der Waals surface area contributed by atoms with Gasteiger partial charge in [-0.25, -0.2) is 4.98 Å². The monoisotopic (exact) mass is 354 g/mol. The summed E-state index contributed by atoms with van der Waals surface area (Å²) < 4.78 is 2.25. The molecule has 1 aromatic carbocycles. The molecule has 4 heteroatoms. The van der Waals surface area contributed by atoms with Crippen LogP contribution in [0.5, 0.6) is 0 Å². The van der Waals surface area contributed by atoms with Crippen LogP contribution in [0, 0.1) is 13.8 Å². The Hall–Kier alpha value is -3.14. The fraction of sp³-hybridized carbons (Fsp3) is 0.217. The Morgan fingerprint density at radius 1 is 1.04 bits per heavy atom. The largest absolute Gasteiger partial charge is 0.398 e. The van der Waals surface area contributed by atoms with Crippen molar-refractivity contribution in [1.29, 1.82) is 0 Å². The normalized spacial score (nSPS) is 12.8. The maximum Gasteiger partial charge on any atom is 0.143 e. The molecule has 0 bridgehead atoms. The number of nitrogen functional groups attached to an aromatic ring is 1. The third-order valence-corrected chi connectivity index (χ3v) is 5.86. The number of hydrogen-bond acceptors (Lipinski definition) is 3. The lowest BCUT2D eigenvalue weighted by Crippen LogP contribution is -2.11. The zero-order chi connectivity index (χ0) is 18.5. The first kappa shape index (κ1) is 16.1. The number of fused-ring (bicyclic) bond motifs is 4. The fourth-order valence-electron chi connectivity index (χ4n) is 4.29. The van der Waals surface area contributed by atoms with Gasteiger partial charge in [-0.2, -0.15) is 0 Å². The molecule has 0 saturated heterocycles. The highest BCUT2D eigenvalue weighted by Crippen LogP contribution is 2.40. The number of hydrogen-bond donors (Lipinski definition) is 1. The van der Waals surface area contributed by atoms with Crippen molar-refractivity contribution in [3.8, 4) is 11.3 Å². The predicted octanol–water partition coefficient (Wildman–Crippen LogP) is 4.44. The molecule has 0 radical (unpaired) electrons. The van der Waals surface area contributed by atoms with Crippen LogP contribution in [0.25, 0.3) is 22.3 Å². The lowest BCUT2D eigenvalue weighted by atomic mass is 9.87. The summed E-state index contributed by atoms with van der Waals surface area (Å²) in [7, 11) is 0. The first-order valence-electron chi connectivity index (χ1n) is 9.41. The average molecular weight is 354 g/mol. The summed E-state index contributed by atoms with van der Waals surface area (Å²) in [5.74, 6) is 0. The van der Waals surface area contributed by atoms with Gasteiger partial charge in [0.2, 0.25) is 0 Å². The molecule has 0 fully saturated rings. The molecule has 0 saturated carbocycles. The summed E-state index contributed by atoms with van der Waals surface area (Å²) in [5.41, 5.74) is 16.8. The second-order valence-electron chi connectivity index (χ2n) is 7.33. The highest BCUT2D eigenvalue weighted by Gasteiger charge is 2.24. The molecule has 0 aliphatic heterocycles. The van der Waals surface area contributed by atoms with Gasteiger partial charge in [-0.3, -0.25) is 4.98 Å². The van der Waals surface area contributed by atoms with E-state index in [4.69, 9.17) is 10.7 Å². The van der Waals surface area contributed by atoms with Crippen LogP contribution < -0.4 is 5.73 Å². The van der Waals surface area contributed by atoms with Gasteiger partial charge in [0.1, 0.15) is 5.65 Å². The lowest BCUT2D eigenvalue weighted by Gasteiger charge is -2.21. The Morgan fingerprint density at radius 2 is 1.85 bits per heavy atom. The number of nitrogens with zero attached hydrogens (tertiary/aromatic N) is 3. The third kappa shape index (κ3) is 2.36. The second kappa shape index (κ2) is 5.95. The van der Waals surface area contributed by atoms with Crippen molar-refractivity contribution in [1.82, 2.24) is 14.5 Å². The van der Waals surface area contributed by atoms with Gasteiger partial charge in [0, 0.05) is 34.1 Å². The Bertz CT molecular complexity index is 1170. The van der Waals surface area contributed by atoms with Gasteiger partial charge >= 0.3 is 0 Å². The van der Waals surface area contributed by atoms with Gasteiger partial charge in [0.25, 0.3) is 0 Å². The Morgan fingerprint density at radius 3 is 2.67 bits per heavy atom. The van der Waals surface area contributed by atoms with Crippen LogP contribution in [0.4, 0.5) is 5.69 Å². The average Bonchev–Trinajstić information content (AvgIpc) is 2.94. The van der Waals surface area contributed by atoms with Crippen LogP contribution in [0.2, 0.25) is 0 Å². The molecule has 0 atom stereocenters. The van der Waals surface area contributed by atoms with E-state index >= 15 is 0 Å². The second-order valence-corrected chi connectivity index (χ2v) is 7.33. The maximum atomic E-state index is 6.70. The number of rotatable bonds is 2. The van der Waals surface area contributed by atoms with Gasteiger partial charge in [-0.15, -0.1) is 0 Å². The van der Waals surface area contributed by atoms with Crippen LogP contribution in [0.1, 0.15) is 28.1 Å². The maximum absolute atomic E-state index is 6.70. The smallest absolute Gasteiger partial charge is 0.143 e. The number of pyridine rings is 2. The van der Waals surface area contributed by atoms with Crippen molar-refractivity contribution in [2.45, 2.75) is 33.2 Å². The standard InChI is InChI=1S/C23H22N4/c1-14-15(2)27(13-17-8-5-6-12-25-17)23-20(14)21(24)19-11-10-16-7-3-4-9-18(16)22(19)26-23/h3-9,12H,10-11,13H2,1-2H3,(H2,24,26). The predicted molar refractivity (Wildman–Crippen MR) is 110 cm³/mol. The van der Waals surface area contributed by atoms with E-state index in [9.17, 15) is 0 Å². The van der Waals surface area contributed by atoms with E-state index in [1.807, 2.05) is 18.3 Å². The molecule has 3 aromatic heterocycles. The Balaban J connectivity index is 1.79. The number of benzene rings is 1. The van der Waals surface area contributed by atoms with Gasteiger partial charge in [0.05, 0.1) is 17.9 Å². The van der Waals surface area contributed by atoms with E-state index in [0.29, 0.717) is 6.54 Å². The molecule has 2 N–H and O–H groups in total. The molecule has 0 unspecified atom stereocenters. The first-order chi connectivity index (χ1) is 13.1. The summed E-state index contributed by atoms with van der Waals surface area (Å²) >= 11 is 0. The number of nitrogens with two attached hydrogens (primary N) is 1. The van der Waals surface area contributed by atoms with Crippen LogP contribution in [-0.4, -0.2) is 14.5 Å². The van der Waals surface area contributed by atoms with E-state index in [2.05, 4.69) is 53.7 Å². The minimum absolute atomic E-state index is 0.698. The van der Waals surface area contributed by atoms with Crippen molar-refractivity contribution in [2.75, 3.05) is 5.73 Å². The van der Waals surface area contributed by atoms with Crippen molar-refractivity contribution in [3.63, 3.8) is 0 Å².